The molecule has 13 aromatic rings. The quantitative estimate of drug-likeness (QED) is 0.134. The van der Waals surface area contributed by atoms with Crippen LogP contribution in [0.25, 0.3) is 127 Å². The number of nitrogens with zero attached hydrogens (tertiary/aromatic N) is 1. The second-order valence-electron chi connectivity index (χ2n) is 19.0. The molecule has 0 atom stereocenters. The zero-order valence-electron chi connectivity index (χ0n) is 39.8. The molecule has 1 heteroatoms. The second kappa shape index (κ2) is 17.5. The molecule has 0 fully saturated rings. The highest BCUT2D eigenvalue weighted by atomic mass is 15.0. The summed E-state index contributed by atoms with van der Waals surface area (Å²) in [6.07, 6.45) is 0. The molecule has 0 unspecified atom stereocenters. The van der Waals surface area contributed by atoms with Crippen molar-refractivity contribution in [3.05, 3.63) is 272 Å². The Kier molecular flexibility index (Phi) is 10.4. The van der Waals surface area contributed by atoms with E-state index in [9.17, 15) is 0 Å². The SMILES string of the molecule is Cc1ccc(-c2ccc3c(-c4ccc(-c5ccc(-c6ccc7c(c6)c6ccccc6n7-c6ccccc6)cc5)cc4)c4cc(-c5ccc(C)cc5)ccc4c(-c4ccc(-c5ccccc5)cc4)c3c2)cc1. The van der Waals surface area contributed by atoms with Crippen LogP contribution in [0.15, 0.2) is 261 Å². The predicted molar refractivity (Wildman–Crippen MR) is 303 cm³/mol. The van der Waals surface area contributed by atoms with Crippen LogP contribution in [0, 0.1) is 13.8 Å². The molecule has 0 aliphatic heterocycles. The van der Waals surface area contributed by atoms with Gasteiger partial charge in [-0.05, 0) is 156 Å². The molecule has 1 heterocycles. The highest BCUT2D eigenvalue weighted by Gasteiger charge is 2.20. The highest BCUT2D eigenvalue weighted by Crippen LogP contribution is 2.47. The lowest BCUT2D eigenvalue weighted by atomic mass is 9.83. The molecule has 12 aromatic carbocycles. The lowest BCUT2D eigenvalue weighted by Gasteiger charge is -2.20. The van der Waals surface area contributed by atoms with Gasteiger partial charge in [0.1, 0.15) is 0 Å². The Morgan fingerprint density at radius 3 is 1.01 bits per heavy atom. The predicted octanol–water partition coefficient (Wildman–Crippen LogP) is 19.4. The molecule has 0 aliphatic carbocycles. The zero-order chi connectivity index (χ0) is 47.4. The Hall–Kier alpha value is -9.04. The molecule has 0 radical (unpaired) electrons. The molecule has 0 N–H and O–H groups in total. The first kappa shape index (κ1) is 42.1. The Bertz CT molecular complexity index is 4090. The number of aryl methyl sites for hydroxylation is 2. The number of hydrogen-bond acceptors (Lipinski definition) is 0. The van der Waals surface area contributed by atoms with Gasteiger partial charge in [-0.1, -0.05) is 230 Å². The van der Waals surface area contributed by atoms with Crippen LogP contribution in [0.3, 0.4) is 0 Å². The summed E-state index contributed by atoms with van der Waals surface area (Å²) in [5.41, 5.74) is 23.1. The van der Waals surface area contributed by atoms with Gasteiger partial charge in [-0.25, -0.2) is 0 Å². The summed E-state index contributed by atoms with van der Waals surface area (Å²) >= 11 is 0. The first-order valence-corrected chi connectivity index (χ1v) is 24.6. The third-order valence-electron chi connectivity index (χ3n) is 14.6. The fourth-order valence-electron chi connectivity index (χ4n) is 10.9. The molecular formula is C70H49N. The van der Waals surface area contributed by atoms with E-state index in [1.54, 1.807) is 0 Å². The molecule has 0 spiro atoms. The van der Waals surface area contributed by atoms with E-state index in [1.165, 1.54) is 138 Å². The normalized spacial score (nSPS) is 11.5. The van der Waals surface area contributed by atoms with E-state index >= 15 is 0 Å². The maximum absolute atomic E-state index is 2.42. The zero-order valence-corrected chi connectivity index (χ0v) is 39.8. The lowest BCUT2D eigenvalue weighted by Crippen LogP contribution is -1.93. The van der Waals surface area contributed by atoms with Crippen LogP contribution in [0.1, 0.15) is 11.1 Å². The molecular weight excluding hydrogens is 855 g/mol. The van der Waals surface area contributed by atoms with Gasteiger partial charge < -0.3 is 4.57 Å². The standard InChI is InChI=1S/C70H49N/c1-46-17-21-52(22-18-46)57-38-41-63-65(44-57)69(55-33-29-49(30-34-55)48-11-5-3-6-12-48)62-40-37-58(53-23-19-47(2)20-24-53)45-66(62)70(63)56-35-31-51(32-36-56)50-25-27-54(28-26-50)59-39-42-68-64(43-59)61-15-9-10-16-67(61)71(68)60-13-7-4-8-14-60/h3-45H,1-2H3. The molecule has 1 nitrogen and oxygen atoms in total. The minimum atomic E-state index is 1.17. The van der Waals surface area contributed by atoms with Crippen LogP contribution in [-0.2, 0) is 0 Å². The lowest BCUT2D eigenvalue weighted by molar-refractivity contribution is 1.18. The summed E-state index contributed by atoms with van der Waals surface area (Å²) in [4.78, 5) is 0. The van der Waals surface area contributed by atoms with Gasteiger partial charge in [0.25, 0.3) is 0 Å². The second-order valence-corrected chi connectivity index (χ2v) is 19.0. The molecule has 334 valence electrons. The van der Waals surface area contributed by atoms with E-state index < -0.39 is 0 Å². The van der Waals surface area contributed by atoms with Crippen molar-refractivity contribution in [3.63, 3.8) is 0 Å². The van der Waals surface area contributed by atoms with Gasteiger partial charge in [0, 0.05) is 16.5 Å². The van der Waals surface area contributed by atoms with Crippen molar-refractivity contribution in [1.29, 1.82) is 0 Å². The summed E-state index contributed by atoms with van der Waals surface area (Å²) in [6, 6.07) is 96.5. The minimum Gasteiger partial charge on any atom is -0.309 e. The molecule has 0 saturated carbocycles. The van der Waals surface area contributed by atoms with Gasteiger partial charge in [-0.3, -0.25) is 0 Å². The Labute approximate surface area is 415 Å². The highest BCUT2D eigenvalue weighted by molar-refractivity contribution is 6.22. The number of benzene rings is 12. The smallest absolute Gasteiger partial charge is 0.0541 e. The first-order valence-electron chi connectivity index (χ1n) is 24.6. The van der Waals surface area contributed by atoms with Gasteiger partial charge >= 0.3 is 0 Å². The third kappa shape index (κ3) is 7.60. The number of hydrogen-bond donors (Lipinski definition) is 0. The molecule has 0 saturated heterocycles. The van der Waals surface area contributed by atoms with E-state index in [0.717, 1.165) is 0 Å². The molecule has 0 bridgehead atoms. The minimum absolute atomic E-state index is 1.17. The van der Waals surface area contributed by atoms with Crippen LogP contribution in [0.4, 0.5) is 0 Å². The van der Waals surface area contributed by atoms with Crippen LogP contribution in [0.2, 0.25) is 0 Å². The number of para-hydroxylation sites is 2. The van der Waals surface area contributed by atoms with Gasteiger partial charge in [0.2, 0.25) is 0 Å². The van der Waals surface area contributed by atoms with Crippen LogP contribution in [-0.4, -0.2) is 4.57 Å². The van der Waals surface area contributed by atoms with Crippen molar-refractivity contribution in [2.45, 2.75) is 13.8 Å². The van der Waals surface area contributed by atoms with Crippen molar-refractivity contribution in [3.8, 4) is 83.6 Å². The van der Waals surface area contributed by atoms with Crippen molar-refractivity contribution in [2.75, 3.05) is 0 Å². The number of aromatic nitrogens is 1. The third-order valence-corrected chi connectivity index (χ3v) is 14.6. The van der Waals surface area contributed by atoms with E-state index in [0.29, 0.717) is 0 Å². The summed E-state index contributed by atoms with van der Waals surface area (Å²) < 4.78 is 2.37. The van der Waals surface area contributed by atoms with Gasteiger partial charge in [0.15, 0.2) is 0 Å². The van der Waals surface area contributed by atoms with E-state index in [1.807, 2.05) is 0 Å². The van der Waals surface area contributed by atoms with Gasteiger partial charge in [-0.2, -0.15) is 0 Å². The van der Waals surface area contributed by atoms with Gasteiger partial charge in [-0.15, -0.1) is 0 Å². The van der Waals surface area contributed by atoms with Crippen molar-refractivity contribution < 1.29 is 0 Å². The van der Waals surface area contributed by atoms with E-state index in [4.69, 9.17) is 0 Å². The van der Waals surface area contributed by atoms with Crippen molar-refractivity contribution >= 4 is 43.4 Å². The fraction of sp³-hybridized carbons (Fsp3) is 0.0286. The topological polar surface area (TPSA) is 4.93 Å². The Balaban J connectivity index is 0.932. The Morgan fingerprint density at radius 2 is 0.535 bits per heavy atom. The fourth-order valence-corrected chi connectivity index (χ4v) is 10.9. The average molecular weight is 904 g/mol. The summed E-state index contributed by atoms with van der Waals surface area (Å²) in [7, 11) is 0. The first-order chi connectivity index (χ1) is 35.0. The maximum atomic E-state index is 2.42. The molecule has 0 amide bonds. The molecule has 1 aromatic heterocycles. The molecule has 13 rings (SSSR count). The number of fused-ring (bicyclic) bond motifs is 5. The van der Waals surface area contributed by atoms with Crippen LogP contribution < -0.4 is 0 Å². The summed E-state index contributed by atoms with van der Waals surface area (Å²) in [5.74, 6) is 0. The molecule has 0 aliphatic rings. The van der Waals surface area contributed by atoms with Gasteiger partial charge in [0.05, 0.1) is 11.0 Å². The maximum Gasteiger partial charge on any atom is 0.0541 e. The van der Waals surface area contributed by atoms with Crippen molar-refractivity contribution in [1.82, 2.24) is 4.57 Å². The summed E-state index contributed by atoms with van der Waals surface area (Å²) in [5, 5.41) is 7.46. The largest absolute Gasteiger partial charge is 0.309 e. The summed E-state index contributed by atoms with van der Waals surface area (Å²) in [6.45, 7) is 4.30. The van der Waals surface area contributed by atoms with Crippen LogP contribution in [0.5, 0.6) is 0 Å². The number of rotatable bonds is 8. The van der Waals surface area contributed by atoms with E-state index in [-0.39, 0.29) is 0 Å². The Morgan fingerprint density at radius 1 is 0.211 bits per heavy atom. The average Bonchev–Trinajstić information content (AvgIpc) is 3.77. The van der Waals surface area contributed by atoms with Crippen molar-refractivity contribution in [2.24, 2.45) is 0 Å². The monoisotopic (exact) mass is 903 g/mol. The molecule has 71 heavy (non-hydrogen) atoms. The van der Waals surface area contributed by atoms with E-state index in [2.05, 4.69) is 279 Å². The van der Waals surface area contributed by atoms with Crippen LogP contribution >= 0.6 is 0 Å².